The van der Waals surface area contributed by atoms with Crippen LogP contribution in [-0.4, -0.2) is 51.4 Å². The van der Waals surface area contributed by atoms with Crippen molar-refractivity contribution in [2.24, 2.45) is 0 Å². The number of hydrogen-bond donors (Lipinski definition) is 3. The summed E-state index contributed by atoms with van der Waals surface area (Å²) in [4.78, 5) is -2.92. The van der Waals surface area contributed by atoms with Crippen LogP contribution in [0.1, 0.15) is 16.7 Å². The number of halogens is 6. The second-order valence-electron chi connectivity index (χ2n) is 10.2. The van der Waals surface area contributed by atoms with Gasteiger partial charge in [0.25, 0.3) is 10.1 Å². The first-order valence-corrected chi connectivity index (χ1v) is 18.0. The van der Waals surface area contributed by atoms with E-state index in [4.69, 9.17) is 20.0 Å². The maximum absolute atomic E-state index is 14.7. The van der Waals surface area contributed by atoms with Gasteiger partial charge in [-0.05, 0) is 78.2 Å². The Kier molecular flexibility index (Phi) is 12.5. The van der Waals surface area contributed by atoms with Crippen LogP contribution in [0.25, 0.3) is 0 Å². The van der Waals surface area contributed by atoms with Gasteiger partial charge in [0.1, 0.15) is 22.1 Å². The zero-order valence-electron chi connectivity index (χ0n) is 25.8. The fourth-order valence-corrected chi connectivity index (χ4v) is 7.90. The third kappa shape index (κ3) is 8.28. The SMILES string of the molecule is COc1ccc(C(c2ccc(Oc3ccc(S(=O)(=O)c4ccc(C)c(SOOO)c4)cc3S(=O)(=O)O)c(SOOO)c2)(C(F)(F)F)C(F)(F)F)cc1. The summed E-state index contributed by atoms with van der Waals surface area (Å²) in [6.07, 6.45) is -12.1. The van der Waals surface area contributed by atoms with Gasteiger partial charge in [0.2, 0.25) is 15.3 Å². The van der Waals surface area contributed by atoms with Gasteiger partial charge in [-0.3, -0.25) is 4.55 Å². The summed E-state index contributed by atoms with van der Waals surface area (Å²) in [7, 11) is -8.78. The Morgan fingerprint density at radius 3 is 1.71 bits per heavy atom. The van der Waals surface area contributed by atoms with Gasteiger partial charge >= 0.3 is 12.4 Å². The molecule has 0 fully saturated rings. The summed E-state index contributed by atoms with van der Waals surface area (Å²) in [5.41, 5.74) is -6.90. The van der Waals surface area contributed by atoms with Crippen molar-refractivity contribution in [2.45, 2.75) is 49.2 Å². The van der Waals surface area contributed by atoms with Crippen molar-refractivity contribution >= 4 is 44.0 Å². The topological polar surface area (TPSA) is 184 Å². The van der Waals surface area contributed by atoms with Crippen LogP contribution in [0.2, 0.25) is 0 Å². The van der Waals surface area contributed by atoms with Crippen molar-refractivity contribution in [3.05, 3.63) is 95.6 Å². The normalized spacial score (nSPS) is 12.9. The minimum atomic E-state index is -6.03. The lowest BCUT2D eigenvalue weighted by molar-refractivity contribution is -0.432. The van der Waals surface area contributed by atoms with Gasteiger partial charge in [-0.1, -0.05) is 34.3 Å². The number of rotatable bonds is 14. The average Bonchev–Trinajstić information content (AvgIpc) is 3.06. The quantitative estimate of drug-likeness (QED) is 0.0364. The summed E-state index contributed by atoms with van der Waals surface area (Å²) in [5, 5.41) is 24.1. The molecule has 0 amide bonds. The van der Waals surface area contributed by atoms with Gasteiger partial charge in [0, 0.05) is 4.90 Å². The molecule has 0 saturated carbocycles. The molecule has 23 heteroatoms. The zero-order chi connectivity index (χ0) is 38.7. The molecule has 0 aliphatic rings. The molecule has 0 aliphatic carbocycles. The van der Waals surface area contributed by atoms with Gasteiger partial charge in [0.05, 0.1) is 45.9 Å². The highest BCUT2D eigenvalue weighted by atomic mass is 32.2. The van der Waals surface area contributed by atoms with E-state index in [0.29, 0.717) is 54.0 Å². The summed E-state index contributed by atoms with van der Waals surface area (Å²) in [6.45, 7) is 1.56. The predicted molar refractivity (Wildman–Crippen MR) is 167 cm³/mol. The van der Waals surface area contributed by atoms with Gasteiger partial charge < -0.3 is 9.47 Å². The molecule has 4 aromatic carbocycles. The van der Waals surface area contributed by atoms with Crippen LogP contribution >= 0.6 is 24.1 Å². The minimum Gasteiger partial charge on any atom is -0.497 e. The fourth-order valence-electron chi connectivity index (χ4n) is 4.85. The predicted octanol–water partition coefficient (Wildman–Crippen LogP) is 8.14. The minimum absolute atomic E-state index is 0.0469. The van der Waals surface area contributed by atoms with E-state index in [1.165, 1.54) is 6.07 Å². The van der Waals surface area contributed by atoms with E-state index in [1.54, 1.807) is 6.92 Å². The molecule has 282 valence electrons. The van der Waals surface area contributed by atoms with E-state index < -0.39 is 79.9 Å². The van der Waals surface area contributed by atoms with Crippen LogP contribution in [0.4, 0.5) is 26.3 Å². The van der Waals surface area contributed by atoms with Crippen molar-refractivity contribution in [3.8, 4) is 17.2 Å². The first-order chi connectivity index (χ1) is 24.2. The lowest BCUT2D eigenvalue weighted by atomic mass is 9.73. The Bertz CT molecular complexity index is 2110. The standard InChI is InChI=1S/C29H22F6O13S4/c1-16-3-9-20(14-24(16)49-47-45-36)51(38,39)21-10-12-23(26(15-21)52(40,41)42)44-22-11-6-18(13-25(22)50-48-46-37)27(28(30,31)32,29(33,34)35)17-4-7-19(43-2)8-5-17/h3-15,36-37H,1-2H3,(H,40,41,42). The van der Waals surface area contributed by atoms with Crippen LogP contribution in [0, 0.1) is 6.92 Å². The summed E-state index contributed by atoms with van der Waals surface area (Å²) >= 11 is 0.285. The van der Waals surface area contributed by atoms with E-state index in [0.717, 1.165) is 43.5 Å². The summed E-state index contributed by atoms with van der Waals surface area (Å²) in [5.74, 6) is -1.59. The number of aryl methyl sites for hydroxylation is 1. The smallest absolute Gasteiger partial charge is 0.411 e. The molecule has 0 unspecified atom stereocenters. The number of methoxy groups -OCH3 is 1. The molecule has 4 rings (SSSR count). The molecule has 0 atom stereocenters. The first kappa shape index (κ1) is 41.1. The maximum atomic E-state index is 14.7. The van der Waals surface area contributed by atoms with Crippen molar-refractivity contribution in [1.29, 1.82) is 0 Å². The lowest BCUT2D eigenvalue weighted by Gasteiger charge is -2.38. The van der Waals surface area contributed by atoms with E-state index in [-0.39, 0.29) is 22.7 Å². The average molecular weight is 821 g/mol. The van der Waals surface area contributed by atoms with Crippen LogP contribution in [-0.2, 0) is 44.1 Å². The van der Waals surface area contributed by atoms with Crippen molar-refractivity contribution in [1.82, 2.24) is 0 Å². The van der Waals surface area contributed by atoms with Crippen molar-refractivity contribution in [2.75, 3.05) is 7.11 Å². The number of hydrogen-bond acceptors (Lipinski definition) is 14. The molecule has 4 aromatic rings. The first-order valence-electron chi connectivity index (χ1n) is 13.6. The summed E-state index contributed by atoms with van der Waals surface area (Å²) in [6, 6.07) is 9.82. The molecule has 0 radical (unpaired) electrons. The second-order valence-corrected chi connectivity index (χ2v) is 15.0. The molecule has 52 heavy (non-hydrogen) atoms. The Labute approximate surface area is 298 Å². The number of alkyl halides is 6. The summed E-state index contributed by atoms with van der Waals surface area (Å²) < 4.78 is 169. The fraction of sp³-hybridized carbons (Fsp3) is 0.172. The van der Waals surface area contributed by atoms with Gasteiger partial charge in [-0.25, -0.2) is 18.9 Å². The third-order valence-corrected chi connectivity index (χ3v) is 11.3. The Hall–Kier alpha value is -3.62. The van der Waals surface area contributed by atoms with E-state index >= 15 is 0 Å². The molecule has 0 saturated heterocycles. The number of ether oxygens (including phenoxy) is 2. The van der Waals surface area contributed by atoms with Crippen molar-refractivity contribution in [3.63, 3.8) is 0 Å². The molecule has 13 nitrogen and oxygen atoms in total. The number of benzene rings is 4. The molecule has 3 N–H and O–H groups in total. The molecule has 0 heterocycles. The van der Waals surface area contributed by atoms with Gasteiger partial charge in [0.15, 0.2) is 0 Å². The second kappa shape index (κ2) is 15.8. The van der Waals surface area contributed by atoms with Crippen LogP contribution in [0.15, 0.2) is 103 Å². The molecule has 0 bridgehead atoms. The monoisotopic (exact) mass is 820 g/mol. The highest BCUT2D eigenvalue weighted by molar-refractivity contribution is 7.95. The lowest BCUT2D eigenvalue weighted by Crippen LogP contribution is -2.54. The highest BCUT2D eigenvalue weighted by Crippen LogP contribution is 2.57. The molecule has 0 spiro atoms. The maximum Gasteiger partial charge on any atom is 0.411 e. The zero-order valence-corrected chi connectivity index (χ0v) is 29.1. The Balaban J connectivity index is 1.87. The Morgan fingerprint density at radius 1 is 0.654 bits per heavy atom. The molecule has 0 aromatic heterocycles. The van der Waals surface area contributed by atoms with E-state index in [9.17, 15) is 47.7 Å². The molecular weight excluding hydrogens is 799 g/mol. The number of sulfone groups is 1. The van der Waals surface area contributed by atoms with Crippen LogP contribution in [0.5, 0.6) is 17.2 Å². The largest absolute Gasteiger partial charge is 0.497 e. The van der Waals surface area contributed by atoms with Gasteiger partial charge in [-0.2, -0.15) is 34.8 Å². The van der Waals surface area contributed by atoms with Crippen molar-refractivity contribution < 1.29 is 86.5 Å². The molecule has 0 aliphatic heterocycles. The van der Waals surface area contributed by atoms with E-state index in [1.807, 2.05) is 0 Å². The van der Waals surface area contributed by atoms with Gasteiger partial charge in [-0.15, -0.1) is 8.67 Å². The van der Waals surface area contributed by atoms with E-state index in [2.05, 4.69) is 18.7 Å². The Morgan fingerprint density at radius 2 is 1.17 bits per heavy atom. The third-order valence-electron chi connectivity index (χ3n) is 7.25. The highest BCUT2D eigenvalue weighted by Gasteiger charge is 2.72. The van der Waals surface area contributed by atoms with Crippen LogP contribution < -0.4 is 9.47 Å². The molecular formula is C29H22F6O13S4. The van der Waals surface area contributed by atoms with Crippen LogP contribution in [0.3, 0.4) is 0 Å².